The Morgan fingerprint density at radius 3 is 2.74 bits per heavy atom. The summed E-state index contributed by atoms with van der Waals surface area (Å²) in [5, 5.41) is 13.7. The summed E-state index contributed by atoms with van der Waals surface area (Å²) in [6.45, 7) is 0. The first kappa shape index (κ1) is 14.6. The fraction of sp³-hybridized carbons (Fsp3) is 0.500. The van der Waals surface area contributed by atoms with Crippen LogP contribution in [-0.2, 0) is 11.2 Å². The number of aliphatic hydroxyl groups excluding tert-OH is 1. The lowest BCUT2D eigenvalue weighted by Crippen LogP contribution is -2.45. The molecule has 2 N–H and O–H groups in total. The van der Waals surface area contributed by atoms with Gasteiger partial charge in [-0.2, -0.15) is 0 Å². The van der Waals surface area contributed by atoms with E-state index >= 15 is 0 Å². The molecule has 0 saturated heterocycles. The second kappa shape index (κ2) is 6.60. The maximum atomic E-state index is 11.9. The quantitative estimate of drug-likeness (QED) is 0.902. The molecule has 0 bridgehead atoms. The summed E-state index contributed by atoms with van der Waals surface area (Å²) in [6.07, 6.45) is 3.44. The highest BCUT2D eigenvalue weighted by molar-refractivity contribution is 6.35. The molecule has 3 nitrogen and oxygen atoms in total. The highest BCUT2D eigenvalue weighted by Crippen LogP contribution is 2.22. The summed E-state index contributed by atoms with van der Waals surface area (Å²) in [6, 6.07) is 4.96. The Labute approximate surface area is 122 Å². The van der Waals surface area contributed by atoms with Crippen molar-refractivity contribution in [1.82, 2.24) is 5.32 Å². The molecule has 19 heavy (non-hydrogen) atoms. The van der Waals surface area contributed by atoms with Crippen molar-refractivity contribution in [3.63, 3.8) is 0 Å². The van der Waals surface area contributed by atoms with E-state index in [9.17, 15) is 9.90 Å². The molecule has 104 valence electrons. The monoisotopic (exact) mass is 301 g/mol. The van der Waals surface area contributed by atoms with Gasteiger partial charge in [-0.15, -0.1) is 0 Å². The molecule has 1 fully saturated rings. The largest absolute Gasteiger partial charge is 0.391 e. The van der Waals surface area contributed by atoms with Crippen molar-refractivity contribution in [3.8, 4) is 0 Å². The number of benzene rings is 1. The van der Waals surface area contributed by atoms with Crippen LogP contribution in [0.3, 0.4) is 0 Å². The van der Waals surface area contributed by atoms with Crippen molar-refractivity contribution in [2.24, 2.45) is 0 Å². The van der Waals surface area contributed by atoms with Gasteiger partial charge in [0.2, 0.25) is 5.91 Å². The lowest BCUT2D eigenvalue weighted by Gasteiger charge is -2.28. The first-order valence-electron chi connectivity index (χ1n) is 6.47. The molecule has 2 rings (SSSR count). The number of aliphatic hydroxyl groups is 1. The van der Waals surface area contributed by atoms with Crippen molar-refractivity contribution < 1.29 is 9.90 Å². The van der Waals surface area contributed by atoms with Gasteiger partial charge in [0.05, 0.1) is 18.6 Å². The molecule has 0 aliphatic heterocycles. The van der Waals surface area contributed by atoms with Crippen LogP contribution in [0.1, 0.15) is 31.2 Å². The highest BCUT2D eigenvalue weighted by Gasteiger charge is 2.24. The van der Waals surface area contributed by atoms with Gasteiger partial charge in [0.25, 0.3) is 0 Å². The molecule has 0 radical (unpaired) electrons. The van der Waals surface area contributed by atoms with Gasteiger partial charge >= 0.3 is 0 Å². The van der Waals surface area contributed by atoms with E-state index in [0.29, 0.717) is 10.0 Å². The zero-order chi connectivity index (χ0) is 13.8. The summed E-state index contributed by atoms with van der Waals surface area (Å²) >= 11 is 11.8. The number of amides is 1. The number of carbonyl (C=O) groups is 1. The summed E-state index contributed by atoms with van der Waals surface area (Å²) in [4.78, 5) is 11.9. The third-order valence-electron chi connectivity index (χ3n) is 3.44. The first-order valence-corrected chi connectivity index (χ1v) is 7.23. The first-order chi connectivity index (χ1) is 9.06. The van der Waals surface area contributed by atoms with Gasteiger partial charge in [-0.1, -0.05) is 42.1 Å². The van der Waals surface area contributed by atoms with Crippen LogP contribution >= 0.6 is 23.2 Å². The lowest BCUT2D eigenvalue weighted by molar-refractivity contribution is -0.122. The van der Waals surface area contributed by atoms with E-state index in [1.807, 2.05) is 0 Å². The predicted molar refractivity (Wildman–Crippen MR) is 76.6 cm³/mol. The standard InChI is InChI=1S/C14H17Cl2NO2/c15-10-6-5-9(11(16)8-10)7-14(19)17-12-3-1-2-4-13(12)18/h5-6,8,12-13,18H,1-4,7H2,(H,17,19)/t12-,13-/m1/s1. The van der Waals surface area contributed by atoms with Crippen LogP contribution in [0.25, 0.3) is 0 Å². The topological polar surface area (TPSA) is 49.3 Å². The van der Waals surface area contributed by atoms with Gasteiger partial charge in [0.1, 0.15) is 0 Å². The van der Waals surface area contributed by atoms with Crippen LogP contribution < -0.4 is 5.32 Å². The Kier molecular flexibility index (Phi) is 5.08. The third-order valence-corrected chi connectivity index (χ3v) is 4.03. The van der Waals surface area contributed by atoms with E-state index in [4.69, 9.17) is 23.2 Å². The van der Waals surface area contributed by atoms with E-state index in [2.05, 4.69) is 5.32 Å². The Balaban J connectivity index is 1.93. The van der Waals surface area contributed by atoms with E-state index in [1.54, 1.807) is 18.2 Å². The number of rotatable bonds is 3. The Bertz CT molecular complexity index is 465. The fourth-order valence-corrected chi connectivity index (χ4v) is 2.85. The van der Waals surface area contributed by atoms with Crippen LogP contribution in [0.4, 0.5) is 0 Å². The minimum absolute atomic E-state index is 0.116. The van der Waals surface area contributed by atoms with Gasteiger partial charge < -0.3 is 10.4 Å². The molecule has 2 atom stereocenters. The average Bonchev–Trinajstić information content (AvgIpc) is 2.36. The van der Waals surface area contributed by atoms with E-state index in [0.717, 1.165) is 31.2 Å². The summed E-state index contributed by atoms with van der Waals surface area (Å²) in [5.41, 5.74) is 0.744. The Hall–Kier alpha value is -0.770. The maximum Gasteiger partial charge on any atom is 0.224 e. The van der Waals surface area contributed by atoms with Gasteiger partial charge in [0.15, 0.2) is 0 Å². The average molecular weight is 302 g/mol. The predicted octanol–water partition coefficient (Wildman–Crippen LogP) is 2.96. The van der Waals surface area contributed by atoms with Crippen LogP contribution in [0.5, 0.6) is 0 Å². The van der Waals surface area contributed by atoms with Crippen molar-refractivity contribution in [3.05, 3.63) is 33.8 Å². The summed E-state index contributed by atoms with van der Waals surface area (Å²) < 4.78 is 0. The minimum Gasteiger partial charge on any atom is -0.391 e. The van der Waals surface area contributed by atoms with Gasteiger partial charge in [-0.25, -0.2) is 0 Å². The van der Waals surface area contributed by atoms with Crippen LogP contribution in [0.15, 0.2) is 18.2 Å². The second-order valence-electron chi connectivity index (χ2n) is 4.94. The zero-order valence-electron chi connectivity index (χ0n) is 10.5. The SMILES string of the molecule is O=C(Cc1ccc(Cl)cc1Cl)N[C@@H]1CCCC[C@H]1O. The molecule has 1 amide bonds. The third kappa shape index (κ3) is 4.10. The molecule has 1 aliphatic rings. The van der Waals surface area contributed by atoms with Crippen LogP contribution in [-0.4, -0.2) is 23.2 Å². The van der Waals surface area contributed by atoms with Crippen LogP contribution in [0, 0.1) is 0 Å². The number of halogens is 2. The minimum atomic E-state index is -0.432. The molecule has 0 heterocycles. The normalized spacial score (nSPS) is 23.1. The summed E-state index contributed by atoms with van der Waals surface area (Å²) in [7, 11) is 0. The second-order valence-corrected chi connectivity index (χ2v) is 5.78. The van der Waals surface area contributed by atoms with Crippen molar-refractivity contribution in [1.29, 1.82) is 0 Å². The van der Waals surface area contributed by atoms with Crippen LogP contribution in [0.2, 0.25) is 10.0 Å². The molecule has 0 spiro atoms. The van der Waals surface area contributed by atoms with Gasteiger partial charge in [-0.3, -0.25) is 4.79 Å². The van der Waals surface area contributed by atoms with Crippen molar-refractivity contribution in [2.45, 2.75) is 44.2 Å². The molecular weight excluding hydrogens is 285 g/mol. The zero-order valence-corrected chi connectivity index (χ0v) is 12.0. The molecule has 0 unspecified atom stereocenters. The lowest BCUT2D eigenvalue weighted by atomic mass is 9.92. The van der Waals surface area contributed by atoms with Gasteiger partial charge in [-0.05, 0) is 30.5 Å². The number of nitrogens with one attached hydrogen (secondary N) is 1. The van der Waals surface area contributed by atoms with E-state index < -0.39 is 6.10 Å². The number of hydrogen-bond donors (Lipinski definition) is 2. The molecule has 1 aromatic rings. The van der Waals surface area contributed by atoms with E-state index in [-0.39, 0.29) is 18.4 Å². The smallest absolute Gasteiger partial charge is 0.224 e. The fourth-order valence-electron chi connectivity index (χ4n) is 2.38. The Morgan fingerprint density at radius 1 is 1.32 bits per heavy atom. The van der Waals surface area contributed by atoms with Gasteiger partial charge in [0, 0.05) is 10.0 Å². The molecule has 1 saturated carbocycles. The van der Waals surface area contributed by atoms with Crippen molar-refractivity contribution >= 4 is 29.1 Å². The molecule has 0 aromatic heterocycles. The number of carbonyl (C=O) groups excluding carboxylic acids is 1. The highest BCUT2D eigenvalue weighted by atomic mass is 35.5. The molecule has 5 heteroatoms. The Morgan fingerprint density at radius 2 is 2.05 bits per heavy atom. The van der Waals surface area contributed by atoms with Crippen molar-refractivity contribution in [2.75, 3.05) is 0 Å². The molecular formula is C14H17Cl2NO2. The molecule has 1 aliphatic carbocycles. The summed E-state index contributed by atoms with van der Waals surface area (Å²) in [5.74, 6) is -0.116. The molecule has 1 aromatic carbocycles. The number of hydrogen-bond acceptors (Lipinski definition) is 2. The maximum absolute atomic E-state index is 11.9. The van der Waals surface area contributed by atoms with E-state index in [1.165, 1.54) is 0 Å².